The highest BCUT2D eigenvalue weighted by atomic mass is 32.2. The normalized spacial score (nSPS) is 17.1. The molecule has 1 aliphatic heterocycles. The molecule has 0 unspecified atom stereocenters. The van der Waals surface area contributed by atoms with Gasteiger partial charge in [0.1, 0.15) is 0 Å². The van der Waals surface area contributed by atoms with Crippen molar-refractivity contribution in [1.82, 2.24) is 10.2 Å². The van der Waals surface area contributed by atoms with Crippen molar-refractivity contribution in [2.75, 3.05) is 50.3 Å². The average molecular weight is 297 g/mol. The Morgan fingerprint density at radius 3 is 2.65 bits per heavy atom. The van der Waals surface area contributed by atoms with Gasteiger partial charge >= 0.3 is 0 Å². The molecule has 0 aromatic heterocycles. The Balaban J connectivity index is 1.95. The molecule has 1 aliphatic rings. The second-order valence-corrected chi connectivity index (χ2v) is 7.16. The van der Waals surface area contributed by atoms with Crippen LogP contribution < -0.4 is 10.6 Å². The maximum atomic E-state index is 12.0. The summed E-state index contributed by atoms with van der Waals surface area (Å²) < 4.78 is 24.1. The molecule has 112 valence electrons. The van der Waals surface area contributed by atoms with Gasteiger partial charge in [-0.3, -0.25) is 4.90 Å². The number of para-hydroxylation sites is 1. The molecule has 1 heterocycles. The molecule has 0 amide bonds. The predicted octanol–water partition coefficient (Wildman–Crippen LogP) is 0.797. The lowest BCUT2D eigenvalue weighted by Gasteiger charge is -2.27. The van der Waals surface area contributed by atoms with Gasteiger partial charge in [0, 0.05) is 39.3 Å². The van der Waals surface area contributed by atoms with Crippen molar-refractivity contribution in [2.24, 2.45) is 0 Å². The molecule has 0 spiro atoms. The fourth-order valence-corrected chi connectivity index (χ4v) is 3.40. The van der Waals surface area contributed by atoms with Crippen LogP contribution in [0, 0.1) is 0 Å². The molecule has 1 aromatic rings. The molecule has 0 bridgehead atoms. The Kier molecular flexibility index (Phi) is 5.39. The van der Waals surface area contributed by atoms with Crippen molar-refractivity contribution in [2.45, 2.75) is 11.8 Å². The number of nitrogens with one attached hydrogen (secondary N) is 2. The van der Waals surface area contributed by atoms with Crippen LogP contribution in [0.4, 0.5) is 5.69 Å². The van der Waals surface area contributed by atoms with E-state index < -0.39 is 9.84 Å². The molecule has 0 saturated carbocycles. The van der Waals surface area contributed by atoms with Gasteiger partial charge in [-0.15, -0.1) is 0 Å². The summed E-state index contributed by atoms with van der Waals surface area (Å²) in [7, 11) is -3.17. The molecular formula is C14H23N3O2S. The standard InChI is InChI=1S/C14H23N3O2S/c1-2-20(18,19)14-6-4-3-5-13(14)16-9-12-17-10-7-15-8-11-17/h3-6,15-16H,2,7-12H2,1H3. The fourth-order valence-electron chi connectivity index (χ4n) is 2.32. The zero-order valence-corrected chi connectivity index (χ0v) is 12.7. The topological polar surface area (TPSA) is 61.4 Å². The molecule has 1 aromatic carbocycles. The average Bonchev–Trinajstić information content (AvgIpc) is 2.49. The van der Waals surface area contributed by atoms with Crippen LogP contribution in [0.1, 0.15) is 6.92 Å². The molecule has 0 radical (unpaired) electrons. The van der Waals surface area contributed by atoms with Crippen LogP contribution in [0.3, 0.4) is 0 Å². The van der Waals surface area contributed by atoms with E-state index in [2.05, 4.69) is 15.5 Å². The van der Waals surface area contributed by atoms with E-state index in [1.54, 1.807) is 19.1 Å². The van der Waals surface area contributed by atoms with E-state index in [4.69, 9.17) is 0 Å². The highest BCUT2D eigenvalue weighted by molar-refractivity contribution is 7.91. The molecule has 0 aliphatic carbocycles. The van der Waals surface area contributed by atoms with Crippen molar-refractivity contribution >= 4 is 15.5 Å². The Morgan fingerprint density at radius 2 is 1.95 bits per heavy atom. The van der Waals surface area contributed by atoms with Gasteiger partial charge < -0.3 is 10.6 Å². The van der Waals surface area contributed by atoms with Crippen LogP contribution in [0.2, 0.25) is 0 Å². The van der Waals surface area contributed by atoms with Crippen molar-refractivity contribution in [3.8, 4) is 0 Å². The second kappa shape index (κ2) is 7.06. The first-order valence-corrected chi connectivity index (χ1v) is 8.77. The minimum absolute atomic E-state index is 0.128. The largest absolute Gasteiger partial charge is 0.383 e. The van der Waals surface area contributed by atoms with Crippen molar-refractivity contribution in [1.29, 1.82) is 0 Å². The van der Waals surface area contributed by atoms with E-state index in [0.717, 1.165) is 39.3 Å². The monoisotopic (exact) mass is 297 g/mol. The summed E-state index contributed by atoms with van der Waals surface area (Å²) in [5, 5.41) is 6.58. The first-order chi connectivity index (χ1) is 9.63. The molecular weight excluding hydrogens is 274 g/mol. The Labute approximate surface area is 121 Å². The molecule has 5 nitrogen and oxygen atoms in total. The van der Waals surface area contributed by atoms with Crippen LogP contribution in [0.15, 0.2) is 29.2 Å². The van der Waals surface area contributed by atoms with Crippen LogP contribution in [0.25, 0.3) is 0 Å². The van der Waals surface area contributed by atoms with Crippen molar-refractivity contribution < 1.29 is 8.42 Å². The molecule has 1 fully saturated rings. The number of anilines is 1. The van der Waals surface area contributed by atoms with Crippen LogP contribution >= 0.6 is 0 Å². The lowest BCUT2D eigenvalue weighted by molar-refractivity contribution is 0.249. The molecule has 1 saturated heterocycles. The number of benzene rings is 1. The number of rotatable bonds is 6. The van der Waals surface area contributed by atoms with Gasteiger partial charge in [0.2, 0.25) is 0 Å². The van der Waals surface area contributed by atoms with E-state index in [0.29, 0.717) is 10.6 Å². The summed E-state index contributed by atoms with van der Waals surface area (Å²) in [6, 6.07) is 7.14. The van der Waals surface area contributed by atoms with Gasteiger partial charge in [0.05, 0.1) is 16.3 Å². The summed E-state index contributed by atoms with van der Waals surface area (Å²) in [6.07, 6.45) is 0. The first kappa shape index (κ1) is 15.3. The van der Waals surface area contributed by atoms with E-state index in [1.165, 1.54) is 0 Å². The SMILES string of the molecule is CCS(=O)(=O)c1ccccc1NCCN1CCNCC1. The summed E-state index contributed by atoms with van der Waals surface area (Å²) in [6.45, 7) is 7.53. The van der Waals surface area contributed by atoms with Gasteiger partial charge in [0.25, 0.3) is 0 Å². The number of sulfone groups is 1. The van der Waals surface area contributed by atoms with Crippen molar-refractivity contribution in [3.05, 3.63) is 24.3 Å². The quantitative estimate of drug-likeness (QED) is 0.813. The van der Waals surface area contributed by atoms with Crippen molar-refractivity contribution in [3.63, 3.8) is 0 Å². The third-order valence-electron chi connectivity index (χ3n) is 3.56. The lowest BCUT2D eigenvalue weighted by Crippen LogP contribution is -2.45. The summed E-state index contributed by atoms with van der Waals surface area (Å²) in [5.41, 5.74) is 0.712. The third-order valence-corrected chi connectivity index (χ3v) is 5.34. The second-order valence-electron chi connectivity index (χ2n) is 4.92. The highest BCUT2D eigenvalue weighted by Crippen LogP contribution is 2.21. The first-order valence-electron chi connectivity index (χ1n) is 7.12. The zero-order valence-electron chi connectivity index (χ0n) is 11.9. The molecule has 6 heteroatoms. The molecule has 2 N–H and O–H groups in total. The maximum Gasteiger partial charge on any atom is 0.180 e. The summed E-state index contributed by atoms with van der Waals surface area (Å²) in [4.78, 5) is 2.78. The fraction of sp³-hybridized carbons (Fsp3) is 0.571. The molecule has 2 rings (SSSR count). The number of hydrogen-bond donors (Lipinski definition) is 2. The molecule has 20 heavy (non-hydrogen) atoms. The van der Waals surface area contributed by atoms with Gasteiger partial charge in [-0.05, 0) is 12.1 Å². The predicted molar refractivity (Wildman–Crippen MR) is 82.0 cm³/mol. The number of nitrogens with zero attached hydrogens (tertiary/aromatic N) is 1. The van der Waals surface area contributed by atoms with E-state index in [-0.39, 0.29) is 5.75 Å². The smallest absolute Gasteiger partial charge is 0.180 e. The Morgan fingerprint density at radius 1 is 1.25 bits per heavy atom. The Bertz CT molecular complexity index is 525. The van der Waals surface area contributed by atoms with E-state index in [9.17, 15) is 8.42 Å². The Hall–Kier alpha value is -1.11. The lowest BCUT2D eigenvalue weighted by atomic mass is 10.3. The van der Waals surface area contributed by atoms with Crippen LogP contribution in [-0.4, -0.2) is 58.3 Å². The maximum absolute atomic E-state index is 12.0. The van der Waals surface area contributed by atoms with Gasteiger partial charge in [0.15, 0.2) is 9.84 Å². The van der Waals surface area contributed by atoms with Gasteiger partial charge in [-0.25, -0.2) is 8.42 Å². The summed E-state index contributed by atoms with van der Waals surface area (Å²) >= 11 is 0. The van der Waals surface area contributed by atoms with Gasteiger partial charge in [-0.1, -0.05) is 19.1 Å². The van der Waals surface area contributed by atoms with E-state index in [1.807, 2.05) is 12.1 Å². The zero-order chi connectivity index (χ0) is 14.4. The molecule has 0 atom stereocenters. The highest BCUT2D eigenvalue weighted by Gasteiger charge is 2.16. The third kappa shape index (κ3) is 3.94. The number of hydrogen-bond acceptors (Lipinski definition) is 5. The van der Waals surface area contributed by atoms with Gasteiger partial charge in [-0.2, -0.15) is 0 Å². The van der Waals surface area contributed by atoms with E-state index >= 15 is 0 Å². The minimum Gasteiger partial charge on any atom is -0.383 e. The minimum atomic E-state index is -3.17. The van der Waals surface area contributed by atoms with Crippen LogP contribution in [-0.2, 0) is 9.84 Å². The summed E-state index contributed by atoms with van der Waals surface area (Å²) in [5.74, 6) is 0.128. The number of piperazine rings is 1. The van der Waals surface area contributed by atoms with Crippen LogP contribution in [0.5, 0.6) is 0 Å².